The van der Waals surface area contributed by atoms with Crippen molar-refractivity contribution >= 4 is 29.6 Å². The first-order valence-corrected chi connectivity index (χ1v) is 10.2. The van der Waals surface area contributed by atoms with Gasteiger partial charge in [-0.3, -0.25) is 4.79 Å². The van der Waals surface area contributed by atoms with Crippen molar-refractivity contribution in [3.05, 3.63) is 41.6 Å². The number of piperidine rings is 1. The van der Waals surface area contributed by atoms with E-state index in [1.54, 1.807) is 6.21 Å². The van der Waals surface area contributed by atoms with Gasteiger partial charge in [0.05, 0.1) is 6.21 Å². The average molecular weight is 425 g/mol. The van der Waals surface area contributed by atoms with Crippen molar-refractivity contribution in [1.29, 1.82) is 0 Å². The number of aryl methyl sites for hydroxylation is 1. The highest BCUT2D eigenvalue weighted by Crippen LogP contribution is 2.20. The van der Waals surface area contributed by atoms with Crippen LogP contribution >= 0.6 is 0 Å². The number of carbonyl (C=O) groups is 1. The Hall–Kier alpha value is -3.69. The molecule has 1 amide bonds. The highest BCUT2D eigenvalue weighted by molar-refractivity contribution is 6.10. The number of allylic oxidation sites excluding steroid dienone is 1. The maximum absolute atomic E-state index is 11.5. The number of carbonyl (C=O) groups excluding carboxylic acids is 1. The SMILES string of the molecule is CNC(=O)COc1nc(N/N=C/C(=C/N)c2ccccc2C)nc(N2CCCCC2)n1. The van der Waals surface area contributed by atoms with Gasteiger partial charge in [0.2, 0.25) is 5.95 Å². The molecule has 0 radical (unpaired) electrons. The number of hydrogen-bond acceptors (Lipinski definition) is 9. The first kappa shape index (κ1) is 22.0. The smallest absolute Gasteiger partial charge is 0.323 e. The summed E-state index contributed by atoms with van der Waals surface area (Å²) in [6.45, 7) is 3.53. The van der Waals surface area contributed by atoms with E-state index in [0.717, 1.165) is 42.6 Å². The maximum Gasteiger partial charge on any atom is 0.323 e. The molecular formula is C21H28N8O2. The number of benzene rings is 1. The normalized spacial score (nSPS) is 14.5. The van der Waals surface area contributed by atoms with E-state index in [9.17, 15) is 4.79 Å². The van der Waals surface area contributed by atoms with Crippen LogP contribution < -0.4 is 26.1 Å². The third-order valence-corrected chi connectivity index (χ3v) is 4.86. The standard InChI is InChI=1S/C21H28N8O2/c1-15-8-4-5-9-17(15)16(12-22)13-24-28-19-25-20(29-10-6-3-7-11-29)27-21(26-19)31-14-18(30)23-2/h4-5,8-9,12-13H,3,6-7,10-11,14,22H2,1-2H3,(H,23,30)(H,25,26,27,28)/b16-12-,24-13+. The summed E-state index contributed by atoms with van der Waals surface area (Å²) in [4.78, 5) is 26.6. The van der Waals surface area contributed by atoms with Crippen molar-refractivity contribution in [1.82, 2.24) is 20.3 Å². The summed E-state index contributed by atoms with van der Waals surface area (Å²) in [6, 6.07) is 7.95. The number of nitrogens with two attached hydrogens (primary N) is 1. The molecule has 164 valence electrons. The average Bonchev–Trinajstić information content (AvgIpc) is 2.81. The molecule has 1 aromatic heterocycles. The number of anilines is 2. The topological polar surface area (TPSA) is 131 Å². The molecule has 4 N–H and O–H groups in total. The molecule has 2 aromatic rings. The molecule has 1 aliphatic rings. The number of rotatable bonds is 8. The van der Waals surface area contributed by atoms with Crippen LogP contribution in [0.4, 0.5) is 11.9 Å². The van der Waals surface area contributed by atoms with Gasteiger partial charge in [-0.1, -0.05) is 24.3 Å². The number of nitrogens with one attached hydrogen (secondary N) is 2. The Balaban J connectivity index is 1.78. The van der Waals surface area contributed by atoms with E-state index in [-0.39, 0.29) is 24.5 Å². The minimum atomic E-state index is -0.275. The lowest BCUT2D eigenvalue weighted by molar-refractivity contribution is -0.122. The van der Waals surface area contributed by atoms with Crippen LogP contribution in [0.5, 0.6) is 6.01 Å². The molecule has 2 heterocycles. The Kier molecular flexibility index (Phi) is 7.74. The molecule has 1 fully saturated rings. The lowest BCUT2D eigenvalue weighted by atomic mass is 10.0. The van der Waals surface area contributed by atoms with Crippen molar-refractivity contribution < 1.29 is 9.53 Å². The fourth-order valence-electron chi connectivity index (χ4n) is 3.16. The first-order valence-electron chi connectivity index (χ1n) is 10.2. The molecule has 10 nitrogen and oxygen atoms in total. The molecule has 3 rings (SSSR count). The Morgan fingerprint density at radius 2 is 2.00 bits per heavy atom. The van der Waals surface area contributed by atoms with Gasteiger partial charge in [0.1, 0.15) is 0 Å². The molecule has 0 bridgehead atoms. The molecule has 0 spiro atoms. The van der Waals surface area contributed by atoms with Gasteiger partial charge in [0, 0.05) is 31.9 Å². The third-order valence-electron chi connectivity index (χ3n) is 4.86. The minimum Gasteiger partial charge on any atom is -0.453 e. The van der Waals surface area contributed by atoms with Gasteiger partial charge in [-0.05, 0) is 37.3 Å². The number of nitrogens with zero attached hydrogens (tertiary/aromatic N) is 5. The molecule has 0 atom stereocenters. The van der Waals surface area contributed by atoms with Crippen LogP contribution in [0.15, 0.2) is 35.6 Å². The number of likely N-dealkylation sites (N-methyl/N-ethyl adjacent to an activating group) is 1. The molecule has 0 unspecified atom stereocenters. The van der Waals surface area contributed by atoms with Gasteiger partial charge in [-0.2, -0.15) is 20.1 Å². The molecule has 1 aromatic carbocycles. The molecule has 10 heteroatoms. The van der Waals surface area contributed by atoms with Gasteiger partial charge in [0.15, 0.2) is 6.61 Å². The fraction of sp³-hybridized carbons (Fsp3) is 0.381. The molecule has 0 aliphatic carbocycles. The van der Waals surface area contributed by atoms with Gasteiger partial charge in [-0.15, -0.1) is 0 Å². The number of hydrogen-bond donors (Lipinski definition) is 3. The molecule has 1 saturated heterocycles. The van der Waals surface area contributed by atoms with Gasteiger partial charge < -0.3 is 20.7 Å². The second-order valence-electron chi connectivity index (χ2n) is 7.06. The summed E-state index contributed by atoms with van der Waals surface area (Å²) in [6.07, 6.45) is 6.43. The van der Waals surface area contributed by atoms with Crippen LogP contribution in [0.2, 0.25) is 0 Å². The van der Waals surface area contributed by atoms with Crippen LogP contribution in [0.3, 0.4) is 0 Å². The van der Waals surface area contributed by atoms with Crippen molar-refractivity contribution in [2.75, 3.05) is 37.1 Å². The summed E-state index contributed by atoms with van der Waals surface area (Å²) >= 11 is 0. The van der Waals surface area contributed by atoms with E-state index >= 15 is 0 Å². The van der Waals surface area contributed by atoms with Crippen molar-refractivity contribution in [3.8, 4) is 6.01 Å². The van der Waals surface area contributed by atoms with Crippen molar-refractivity contribution in [2.24, 2.45) is 10.8 Å². The van der Waals surface area contributed by atoms with Crippen molar-refractivity contribution in [3.63, 3.8) is 0 Å². The lowest BCUT2D eigenvalue weighted by Crippen LogP contribution is -2.31. The minimum absolute atomic E-state index is 0.0605. The maximum atomic E-state index is 11.5. The molecular weight excluding hydrogens is 396 g/mol. The van der Waals surface area contributed by atoms with E-state index < -0.39 is 0 Å². The summed E-state index contributed by atoms with van der Waals surface area (Å²) in [5, 5.41) is 6.74. The van der Waals surface area contributed by atoms with E-state index in [1.165, 1.54) is 19.7 Å². The molecule has 1 aliphatic heterocycles. The zero-order valence-electron chi connectivity index (χ0n) is 17.8. The molecule has 31 heavy (non-hydrogen) atoms. The predicted octanol–water partition coefficient (Wildman–Crippen LogP) is 1.69. The number of aromatic nitrogens is 3. The third kappa shape index (κ3) is 6.14. The second kappa shape index (κ2) is 10.9. The van der Waals surface area contributed by atoms with Crippen LogP contribution in [0.25, 0.3) is 5.57 Å². The van der Waals surface area contributed by atoms with Gasteiger partial charge in [0.25, 0.3) is 11.9 Å². The summed E-state index contributed by atoms with van der Waals surface area (Å²) < 4.78 is 5.44. The van der Waals surface area contributed by atoms with E-state index in [2.05, 4.69) is 35.7 Å². The van der Waals surface area contributed by atoms with E-state index in [1.807, 2.05) is 31.2 Å². The first-order chi connectivity index (χ1) is 15.1. The monoisotopic (exact) mass is 424 g/mol. The summed E-state index contributed by atoms with van der Waals surface area (Å²) in [5.74, 6) is 0.441. The Morgan fingerprint density at radius 3 is 2.71 bits per heavy atom. The van der Waals surface area contributed by atoms with Crippen LogP contribution in [-0.2, 0) is 4.79 Å². The Morgan fingerprint density at radius 1 is 1.23 bits per heavy atom. The van der Waals surface area contributed by atoms with Gasteiger partial charge in [-0.25, -0.2) is 5.43 Å². The van der Waals surface area contributed by atoms with Crippen LogP contribution in [-0.4, -0.2) is 53.8 Å². The number of hydrazone groups is 1. The largest absolute Gasteiger partial charge is 0.453 e. The Labute approximate surface area is 181 Å². The lowest BCUT2D eigenvalue weighted by Gasteiger charge is -2.26. The summed E-state index contributed by atoms with van der Waals surface area (Å²) in [5.41, 5.74) is 11.4. The van der Waals surface area contributed by atoms with Crippen LogP contribution in [0, 0.1) is 6.92 Å². The molecule has 0 saturated carbocycles. The number of amides is 1. The van der Waals surface area contributed by atoms with Crippen LogP contribution in [0.1, 0.15) is 30.4 Å². The van der Waals surface area contributed by atoms with E-state index in [4.69, 9.17) is 10.5 Å². The second-order valence-corrected chi connectivity index (χ2v) is 7.06. The highest BCUT2D eigenvalue weighted by Gasteiger charge is 2.17. The Bertz CT molecular complexity index is 954. The zero-order chi connectivity index (χ0) is 22.1. The predicted molar refractivity (Wildman–Crippen MR) is 121 cm³/mol. The zero-order valence-corrected chi connectivity index (χ0v) is 17.8. The summed E-state index contributed by atoms with van der Waals surface area (Å²) in [7, 11) is 1.54. The number of ether oxygens (including phenoxy) is 1. The van der Waals surface area contributed by atoms with E-state index in [0.29, 0.717) is 5.95 Å². The van der Waals surface area contributed by atoms with Crippen molar-refractivity contribution in [2.45, 2.75) is 26.2 Å². The quantitative estimate of drug-likeness (QED) is 0.431. The van der Waals surface area contributed by atoms with Gasteiger partial charge >= 0.3 is 6.01 Å². The highest BCUT2D eigenvalue weighted by atomic mass is 16.5. The fourth-order valence-corrected chi connectivity index (χ4v) is 3.16.